The third-order valence-corrected chi connectivity index (χ3v) is 5.87. The lowest BCUT2D eigenvalue weighted by atomic mass is 10.2. The standard InChI is InChI=1S/C17H24N2O4S/c1-2-23-11-3-9-18-24(21,22)15-6-7-16-14(12-15)8-10-19(16)17(20)13-4-5-13/h6-7,12-13,18H,2-5,8-11H2,1H3. The molecular weight excluding hydrogens is 328 g/mol. The van der Waals surface area contributed by atoms with Gasteiger partial charge >= 0.3 is 0 Å². The average Bonchev–Trinajstić information content (AvgIpc) is 3.33. The first-order chi connectivity index (χ1) is 11.5. The molecule has 0 radical (unpaired) electrons. The van der Waals surface area contributed by atoms with E-state index in [0.717, 1.165) is 24.1 Å². The lowest BCUT2D eigenvalue weighted by Crippen LogP contribution is -2.30. The second-order valence-corrected chi connectivity index (χ2v) is 8.02. The summed E-state index contributed by atoms with van der Waals surface area (Å²) in [6.07, 6.45) is 3.30. The summed E-state index contributed by atoms with van der Waals surface area (Å²) in [5, 5.41) is 0. The Bertz CT molecular complexity index is 713. The van der Waals surface area contributed by atoms with Crippen molar-refractivity contribution in [1.29, 1.82) is 0 Å². The maximum atomic E-state index is 12.4. The first-order valence-electron chi connectivity index (χ1n) is 8.54. The fourth-order valence-corrected chi connectivity index (χ4v) is 4.06. The van der Waals surface area contributed by atoms with Gasteiger partial charge in [0.15, 0.2) is 0 Å². The number of nitrogens with one attached hydrogen (secondary N) is 1. The van der Waals surface area contributed by atoms with Crippen LogP contribution in [-0.2, 0) is 26.0 Å². The molecule has 6 nitrogen and oxygen atoms in total. The van der Waals surface area contributed by atoms with Crippen molar-refractivity contribution in [2.24, 2.45) is 5.92 Å². The number of fused-ring (bicyclic) bond motifs is 1. The van der Waals surface area contributed by atoms with E-state index in [2.05, 4.69) is 4.72 Å². The molecule has 1 fully saturated rings. The van der Waals surface area contributed by atoms with Crippen molar-refractivity contribution in [3.63, 3.8) is 0 Å². The predicted molar refractivity (Wildman–Crippen MR) is 91.5 cm³/mol. The van der Waals surface area contributed by atoms with E-state index in [4.69, 9.17) is 4.74 Å². The van der Waals surface area contributed by atoms with Gasteiger partial charge in [0, 0.05) is 37.9 Å². The van der Waals surface area contributed by atoms with E-state index in [-0.39, 0.29) is 16.7 Å². The number of amides is 1. The Morgan fingerprint density at radius 2 is 2.17 bits per heavy atom. The van der Waals surface area contributed by atoms with E-state index in [1.54, 1.807) is 23.1 Å². The lowest BCUT2D eigenvalue weighted by molar-refractivity contribution is -0.119. The third-order valence-electron chi connectivity index (χ3n) is 4.41. The lowest BCUT2D eigenvalue weighted by Gasteiger charge is -2.17. The summed E-state index contributed by atoms with van der Waals surface area (Å²) in [6, 6.07) is 5.04. The molecule has 1 heterocycles. The highest BCUT2D eigenvalue weighted by molar-refractivity contribution is 7.89. The number of carbonyl (C=O) groups excluding carboxylic acids is 1. The van der Waals surface area contributed by atoms with Crippen LogP contribution < -0.4 is 9.62 Å². The molecule has 2 aliphatic rings. The van der Waals surface area contributed by atoms with Crippen molar-refractivity contribution in [2.45, 2.75) is 37.5 Å². The van der Waals surface area contributed by atoms with Crippen molar-refractivity contribution in [2.75, 3.05) is 31.2 Å². The van der Waals surface area contributed by atoms with E-state index in [1.807, 2.05) is 6.92 Å². The van der Waals surface area contributed by atoms with Gasteiger partial charge in [0.1, 0.15) is 0 Å². The van der Waals surface area contributed by atoms with E-state index >= 15 is 0 Å². The Hall–Kier alpha value is -1.44. The van der Waals surface area contributed by atoms with Crippen molar-refractivity contribution in [3.05, 3.63) is 23.8 Å². The molecule has 1 aliphatic carbocycles. The molecule has 0 aromatic heterocycles. The summed E-state index contributed by atoms with van der Waals surface area (Å²) >= 11 is 0. The number of anilines is 1. The Kier molecular flexibility index (Phi) is 5.22. The summed E-state index contributed by atoms with van der Waals surface area (Å²) < 4.78 is 32.5. The second kappa shape index (κ2) is 7.21. The summed E-state index contributed by atoms with van der Waals surface area (Å²) in [6.45, 7) is 4.09. The zero-order valence-corrected chi connectivity index (χ0v) is 14.8. The molecule has 1 amide bonds. The van der Waals surface area contributed by atoms with Gasteiger partial charge in [0.2, 0.25) is 15.9 Å². The van der Waals surface area contributed by atoms with E-state index in [0.29, 0.717) is 39.1 Å². The van der Waals surface area contributed by atoms with Crippen molar-refractivity contribution in [3.8, 4) is 0 Å². The van der Waals surface area contributed by atoms with Gasteiger partial charge in [0.05, 0.1) is 4.90 Å². The summed E-state index contributed by atoms with van der Waals surface area (Å²) in [5.41, 5.74) is 1.79. The molecule has 7 heteroatoms. The van der Waals surface area contributed by atoms with Crippen molar-refractivity contribution < 1.29 is 17.9 Å². The Labute approximate surface area is 143 Å². The van der Waals surface area contributed by atoms with Crippen LogP contribution in [0.4, 0.5) is 5.69 Å². The molecule has 1 aromatic carbocycles. The highest BCUT2D eigenvalue weighted by Crippen LogP contribution is 2.37. The minimum Gasteiger partial charge on any atom is -0.382 e. The molecule has 0 atom stereocenters. The number of hydrogen-bond acceptors (Lipinski definition) is 4. The summed E-state index contributed by atoms with van der Waals surface area (Å²) in [4.78, 5) is 14.3. The highest BCUT2D eigenvalue weighted by atomic mass is 32.2. The summed E-state index contributed by atoms with van der Waals surface area (Å²) in [5.74, 6) is 0.352. The number of ether oxygens (including phenoxy) is 1. The van der Waals surface area contributed by atoms with Gasteiger partial charge in [-0.15, -0.1) is 0 Å². The molecule has 1 aliphatic heterocycles. The topological polar surface area (TPSA) is 75.7 Å². The van der Waals surface area contributed by atoms with Crippen LogP contribution in [0.3, 0.4) is 0 Å². The van der Waals surface area contributed by atoms with Crippen LogP contribution in [0.15, 0.2) is 23.1 Å². The molecule has 3 rings (SSSR count). The number of nitrogens with zero attached hydrogens (tertiary/aromatic N) is 1. The SMILES string of the molecule is CCOCCCNS(=O)(=O)c1ccc2c(c1)CCN2C(=O)C1CC1. The van der Waals surface area contributed by atoms with Crippen LogP contribution in [0.25, 0.3) is 0 Å². The first kappa shape index (κ1) is 17.4. The predicted octanol–water partition coefficient (Wildman–Crippen LogP) is 1.69. The number of hydrogen-bond donors (Lipinski definition) is 1. The largest absolute Gasteiger partial charge is 0.382 e. The minimum absolute atomic E-state index is 0.173. The van der Waals surface area contributed by atoms with Crippen molar-refractivity contribution >= 4 is 21.6 Å². The van der Waals surface area contributed by atoms with Gasteiger partial charge in [0.25, 0.3) is 0 Å². The number of benzene rings is 1. The zero-order chi connectivity index (χ0) is 17.2. The normalized spacial score (nSPS) is 17.1. The molecule has 1 saturated carbocycles. The van der Waals surface area contributed by atoms with Crippen molar-refractivity contribution in [1.82, 2.24) is 4.72 Å². The molecular formula is C17H24N2O4S. The highest BCUT2D eigenvalue weighted by Gasteiger charge is 2.36. The second-order valence-electron chi connectivity index (χ2n) is 6.25. The van der Waals surface area contributed by atoms with Gasteiger partial charge in [-0.25, -0.2) is 13.1 Å². The van der Waals surface area contributed by atoms with Crippen LogP contribution in [0.5, 0.6) is 0 Å². The van der Waals surface area contributed by atoms with Gasteiger partial charge in [-0.3, -0.25) is 4.79 Å². The van der Waals surface area contributed by atoms with Gasteiger partial charge < -0.3 is 9.64 Å². The quantitative estimate of drug-likeness (QED) is 0.723. The monoisotopic (exact) mass is 352 g/mol. The molecule has 0 bridgehead atoms. The molecule has 0 unspecified atom stereocenters. The first-order valence-corrected chi connectivity index (χ1v) is 10.0. The Morgan fingerprint density at radius 1 is 1.38 bits per heavy atom. The average molecular weight is 352 g/mol. The van der Waals surface area contributed by atoms with Gasteiger partial charge in [-0.1, -0.05) is 0 Å². The molecule has 0 spiro atoms. The Balaban J connectivity index is 1.66. The number of sulfonamides is 1. The van der Waals surface area contributed by atoms with Crippen LogP contribution >= 0.6 is 0 Å². The molecule has 1 N–H and O–H groups in total. The molecule has 1 aromatic rings. The van der Waals surface area contributed by atoms with E-state index in [9.17, 15) is 13.2 Å². The summed E-state index contributed by atoms with van der Waals surface area (Å²) in [7, 11) is -3.52. The van der Waals surface area contributed by atoms with Crippen LogP contribution in [0.1, 0.15) is 31.7 Å². The Morgan fingerprint density at radius 3 is 2.88 bits per heavy atom. The molecule has 132 valence electrons. The number of carbonyl (C=O) groups is 1. The minimum atomic E-state index is -3.52. The van der Waals surface area contributed by atoms with E-state index in [1.165, 1.54) is 0 Å². The maximum Gasteiger partial charge on any atom is 0.240 e. The smallest absolute Gasteiger partial charge is 0.240 e. The van der Waals surface area contributed by atoms with Crippen LogP contribution in [-0.4, -0.2) is 40.6 Å². The van der Waals surface area contributed by atoms with Gasteiger partial charge in [-0.2, -0.15) is 0 Å². The van der Waals surface area contributed by atoms with Crippen LogP contribution in [0.2, 0.25) is 0 Å². The molecule has 24 heavy (non-hydrogen) atoms. The zero-order valence-electron chi connectivity index (χ0n) is 14.0. The third kappa shape index (κ3) is 3.79. The molecule has 0 saturated heterocycles. The number of rotatable bonds is 8. The maximum absolute atomic E-state index is 12.4. The van der Waals surface area contributed by atoms with Crippen LogP contribution in [0, 0.1) is 5.92 Å². The van der Waals surface area contributed by atoms with E-state index < -0.39 is 10.0 Å². The fraction of sp³-hybridized carbons (Fsp3) is 0.588. The fourth-order valence-electron chi connectivity index (χ4n) is 2.93. The van der Waals surface area contributed by atoms with Gasteiger partial charge in [-0.05, 0) is 56.4 Å².